The summed E-state index contributed by atoms with van der Waals surface area (Å²) in [5, 5.41) is 3.93. The number of sulfonamides is 1. The summed E-state index contributed by atoms with van der Waals surface area (Å²) in [5.74, 6) is -0.753. The summed E-state index contributed by atoms with van der Waals surface area (Å²) >= 11 is 0. The molecule has 0 aliphatic carbocycles. The third-order valence-corrected chi connectivity index (χ3v) is 4.01. The van der Waals surface area contributed by atoms with Crippen molar-refractivity contribution in [1.29, 1.82) is 0 Å². The standard InChI is InChI=1S/C11H14FN5O3S/c1-17-6-14-10(16-17)5-15-21(18,19)7-3-8(12)11(20-2)9(13)4-7/h3-4,6,15H,5,13H2,1-2H3. The third-order valence-electron chi connectivity index (χ3n) is 2.63. The van der Waals surface area contributed by atoms with E-state index in [0.29, 0.717) is 5.82 Å². The molecule has 0 saturated carbocycles. The van der Waals surface area contributed by atoms with Crippen molar-refractivity contribution in [3.8, 4) is 5.75 Å². The van der Waals surface area contributed by atoms with Crippen LogP contribution < -0.4 is 15.2 Å². The van der Waals surface area contributed by atoms with Crippen molar-refractivity contribution < 1.29 is 17.5 Å². The Morgan fingerprint density at radius 2 is 2.19 bits per heavy atom. The molecule has 1 aromatic heterocycles. The highest BCUT2D eigenvalue weighted by molar-refractivity contribution is 7.89. The summed E-state index contributed by atoms with van der Waals surface area (Å²) < 4.78 is 46.3. The second-order valence-corrected chi connectivity index (χ2v) is 5.95. The molecule has 8 nitrogen and oxygen atoms in total. The minimum Gasteiger partial charge on any atom is -0.492 e. The van der Waals surface area contributed by atoms with Gasteiger partial charge in [0, 0.05) is 7.05 Å². The highest BCUT2D eigenvalue weighted by Gasteiger charge is 2.19. The molecule has 0 amide bonds. The Balaban J connectivity index is 2.23. The third kappa shape index (κ3) is 3.28. The van der Waals surface area contributed by atoms with Gasteiger partial charge in [0.2, 0.25) is 10.0 Å². The Labute approximate surface area is 120 Å². The van der Waals surface area contributed by atoms with Gasteiger partial charge in [0.05, 0.1) is 24.2 Å². The fraction of sp³-hybridized carbons (Fsp3) is 0.273. The van der Waals surface area contributed by atoms with Gasteiger partial charge in [0.15, 0.2) is 17.4 Å². The number of nitrogen functional groups attached to an aromatic ring is 1. The van der Waals surface area contributed by atoms with Crippen molar-refractivity contribution in [3.63, 3.8) is 0 Å². The molecule has 2 aromatic rings. The highest BCUT2D eigenvalue weighted by atomic mass is 32.2. The van der Waals surface area contributed by atoms with E-state index in [-0.39, 0.29) is 22.9 Å². The van der Waals surface area contributed by atoms with E-state index in [1.54, 1.807) is 7.05 Å². The van der Waals surface area contributed by atoms with Crippen LogP contribution in [0.2, 0.25) is 0 Å². The zero-order chi connectivity index (χ0) is 15.6. The molecule has 114 valence electrons. The molecule has 0 aliphatic rings. The van der Waals surface area contributed by atoms with Crippen molar-refractivity contribution >= 4 is 15.7 Å². The quantitative estimate of drug-likeness (QED) is 0.752. The Kier molecular flexibility index (Phi) is 4.09. The van der Waals surface area contributed by atoms with Crippen molar-refractivity contribution in [2.45, 2.75) is 11.4 Å². The summed E-state index contributed by atoms with van der Waals surface area (Å²) in [5.41, 5.74) is 5.45. The van der Waals surface area contributed by atoms with Crippen molar-refractivity contribution in [2.24, 2.45) is 7.05 Å². The van der Waals surface area contributed by atoms with Crippen LogP contribution in [0.25, 0.3) is 0 Å². The number of rotatable bonds is 5. The van der Waals surface area contributed by atoms with E-state index in [0.717, 1.165) is 12.1 Å². The number of methoxy groups -OCH3 is 1. The van der Waals surface area contributed by atoms with Gasteiger partial charge < -0.3 is 10.5 Å². The number of aromatic nitrogens is 3. The Bertz CT molecular complexity index is 736. The molecule has 0 spiro atoms. The Morgan fingerprint density at radius 3 is 2.71 bits per heavy atom. The van der Waals surface area contributed by atoms with Gasteiger partial charge in [0.1, 0.15) is 6.33 Å². The minimum absolute atomic E-state index is 0.103. The monoisotopic (exact) mass is 315 g/mol. The molecule has 1 heterocycles. The van der Waals surface area contributed by atoms with E-state index in [4.69, 9.17) is 10.5 Å². The van der Waals surface area contributed by atoms with Gasteiger partial charge in [-0.05, 0) is 12.1 Å². The Hall–Kier alpha value is -2.20. The van der Waals surface area contributed by atoms with Crippen molar-refractivity contribution in [1.82, 2.24) is 19.5 Å². The number of aryl methyl sites for hydroxylation is 1. The molecule has 0 aliphatic heterocycles. The number of hydrogen-bond donors (Lipinski definition) is 2. The average Bonchev–Trinajstić information content (AvgIpc) is 2.82. The molecule has 0 atom stereocenters. The number of ether oxygens (including phenoxy) is 1. The number of nitrogens with zero attached hydrogens (tertiary/aromatic N) is 3. The zero-order valence-corrected chi connectivity index (χ0v) is 12.2. The first kappa shape index (κ1) is 15.2. The molecule has 10 heteroatoms. The molecular weight excluding hydrogens is 301 g/mol. The van der Waals surface area contributed by atoms with Gasteiger partial charge in [-0.2, -0.15) is 5.10 Å². The fourth-order valence-electron chi connectivity index (χ4n) is 1.67. The van der Waals surface area contributed by atoms with Gasteiger partial charge >= 0.3 is 0 Å². The van der Waals surface area contributed by atoms with Gasteiger partial charge in [0.25, 0.3) is 0 Å². The second-order valence-electron chi connectivity index (χ2n) is 4.19. The van der Waals surface area contributed by atoms with Crippen LogP contribution >= 0.6 is 0 Å². The maximum absolute atomic E-state index is 13.7. The number of nitrogens with one attached hydrogen (secondary N) is 1. The van der Waals surface area contributed by atoms with E-state index < -0.39 is 15.8 Å². The zero-order valence-electron chi connectivity index (χ0n) is 11.4. The molecule has 2 rings (SSSR count). The van der Waals surface area contributed by atoms with Gasteiger partial charge in [-0.1, -0.05) is 0 Å². The SMILES string of the molecule is COc1c(N)cc(S(=O)(=O)NCc2ncn(C)n2)cc1F. The first-order valence-corrected chi connectivity index (χ1v) is 7.29. The lowest BCUT2D eigenvalue weighted by Gasteiger charge is -2.09. The number of halogens is 1. The van der Waals surface area contributed by atoms with Crippen LogP contribution in [0.15, 0.2) is 23.4 Å². The predicted molar refractivity (Wildman–Crippen MR) is 72.4 cm³/mol. The maximum atomic E-state index is 13.7. The van der Waals surface area contributed by atoms with Crippen LogP contribution in [0.5, 0.6) is 5.75 Å². The topological polar surface area (TPSA) is 112 Å². The Morgan fingerprint density at radius 1 is 1.48 bits per heavy atom. The molecular formula is C11H14FN5O3S. The molecule has 0 unspecified atom stereocenters. The van der Waals surface area contributed by atoms with Gasteiger partial charge in [-0.15, -0.1) is 0 Å². The van der Waals surface area contributed by atoms with E-state index in [9.17, 15) is 12.8 Å². The summed E-state index contributed by atoms with van der Waals surface area (Å²) in [6.07, 6.45) is 1.44. The highest BCUT2D eigenvalue weighted by Crippen LogP contribution is 2.28. The molecule has 1 aromatic carbocycles. The van der Waals surface area contributed by atoms with Crippen LogP contribution in [0.1, 0.15) is 5.82 Å². The molecule has 21 heavy (non-hydrogen) atoms. The van der Waals surface area contributed by atoms with Gasteiger partial charge in [-0.25, -0.2) is 22.5 Å². The van der Waals surface area contributed by atoms with Crippen LogP contribution in [-0.4, -0.2) is 30.3 Å². The summed E-state index contributed by atoms with van der Waals surface area (Å²) in [7, 11) is -1.03. The number of anilines is 1. The van der Waals surface area contributed by atoms with E-state index in [2.05, 4.69) is 14.8 Å². The average molecular weight is 315 g/mol. The normalized spacial score (nSPS) is 11.6. The van der Waals surface area contributed by atoms with Crippen LogP contribution in [0.4, 0.5) is 10.1 Å². The van der Waals surface area contributed by atoms with Gasteiger partial charge in [-0.3, -0.25) is 4.68 Å². The van der Waals surface area contributed by atoms with E-state index in [1.165, 1.54) is 18.1 Å². The molecule has 0 fully saturated rings. The summed E-state index contributed by atoms with van der Waals surface area (Å²) in [6, 6.07) is 1.96. The van der Waals surface area contributed by atoms with E-state index >= 15 is 0 Å². The first-order chi connectivity index (χ1) is 9.83. The molecule has 0 saturated heterocycles. The largest absolute Gasteiger partial charge is 0.492 e. The van der Waals surface area contributed by atoms with Crippen LogP contribution in [0.3, 0.4) is 0 Å². The smallest absolute Gasteiger partial charge is 0.241 e. The number of benzene rings is 1. The summed E-state index contributed by atoms with van der Waals surface area (Å²) in [6.45, 7) is -0.114. The van der Waals surface area contributed by atoms with E-state index in [1.807, 2.05) is 0 Å². The second kappa shape index (κ2) is 5.66. The van der Waals surface area contributed by atoms with Crippen LogP contribution in [-0.2, 0) is 23.6 Å². The summed E-state index contributed by atoms with van der Waals surface area (Å²) in [4.78, 5) is 3.58. The first-order valence-electron chi connectivity index (χ1n) is 5.80. The number of hydrogen-bond acceptors (Lipinski definition) is 6. The van der Waals surface area contributed by atoms with Crippen LogP contribution in [0, 0.1) is 5.82 Å². The lowest BCUT2D eigenvalue weighted by Crippen LogP contribution is -2.24. The minimum atomic E-state index is -3.93. The molecule has 0 bridgehead atoms. The molecule has 3 N–H and O–H groups in total. The maximum Gasteiger partial charge on any atom is 0.241 e. The lowest BCUT2D eigenvalue weighted by molar-refractivity contribution is 0.388. The lowest BCUT2D eigenvalue weighted by atomic mass is 10.3. The fourth-order valence-corrected chi connectivity index (χ4v) is 2.69. The van der Waals surface area contributed by atoms with Crippen molar-refractivity contribution in [2.75, 3.05) is 12.8 Å². The number of nitrogens with two attached hydrogens (primary N) is 1. The molecule has 0 radical (unpaired) electrons. The predicted octanol–water partition coefficient (Wildman–Crippen LogP) is 0.0235. The van der Waals surface area contributed by atoms with Crippen molar-refractivity contribution in [3.05, 3.63) is 30.1 Å².